The minimum atomic E-state index is -0.388. The van der Waals surface area contributed by atoms with Gasteiger partial charge in [-0.1, -0.05) is 17.7 Å². The Hall–Kier alpha value is -2.14. The number of rotatable bonds is 4. The van der Waals surface area contributed by atoms with E-state index in [2.05, 4.69) is 10.3 Å². The molecule has 110 valence electrons. The van der Waals surface area contributed by atoms with E-state index in [4.69, 9.17) is 11.6 Å². The van der Waals surface area contributed by atoms with Crippen molar-refractivity contribution in [3.8, 4) is 0 Å². The van der Waals surface area contributed by atoms with E-state index in [1.807, 2.05) is 6.92 Å². The van der Waals surface area contributed by atoms with Gasteiger partial charge in [0.15, 0.2) is 0 Å². The van der Waals surface area contributed by atoms with E-state index >= 15 is 0 Å². The number of benzene rings is 1. The van der Waals surface area contributed by atoms with Crippen LogP contribution in [0.1, 0.15) is 17.3 Å². The molecule has 2 rings (SSSR count). The Bertz CT molecular complexity index is 663. The normalized spacial score (nSPS) is 10.3. The van der Waals surface area contributed by atoms with Crippen molar-refractivity contribution in [2.24, 2.45) is 0 Å². The molecule has 0 bridgehead atoms. The van der Waals surface area contributed by atoms with Crippen LogP contribution in [-0.2, 0) is 0 Å². The fourth-order valence-electron chi connectivity index (χ4n) is 1.98. The molecule has 4 nitrogen and oxygen atoms in total. The lowest BCUT2D eigenvalue weighted by molar-refractivity contribution is 0.0988. The fraction of sp³-hybridized carbons (Fsp3) is 0.200. The van der Waals surface area contributed by atoms with Crippen molar-refractivity contribution in [3.63, 3.8) is 0 Å². The van der Waals surface area contributed by atoms with Gasteiger partial charge in [0.25, 0.3) is 5.91 Å². The lowest BCUT2D eigenvalue weighted by Gasteiger charge is -2.21. The number of carbonyl (C=O) groups is 1. The molecule has 1 aromatic heterocycles. The van der Waals surface area contributed by atoms with Crippen LogP contribution in [0.4, 0.5) is 15.9 Å². The second-order valence-corrected chi connectivity index (χ2v) is 4.74. The zero-order valence-corrected chi connectivity index (χ0v) is 12.5. The average Bonchev–Trinajstić information content (AvgIpc) is 2.48. The maximum atomic E-state index is 13.3. The molecule has 0 saturated heterocycles. The van der Waals surface area contributed by atoms with Crippen LogP contribution in [0.15, 0.2) is 36.5 Å². The number of halogens is 2. The van der Waals surface area contributed by atoms with Gasteiger partial charge in [0, 0.05) is 25.5 Å². The third kappa shape index (κ3) is 3.31. The minimum absolute atomic E-state index is 0.278. The first-order valence-corrected chi connectivity index (χ1v) is 6.85. The molecular weight excluding hydrogens is 293 g/mol. The standard InChI is InChI=1S/C15H15ClFN3O/c1-3-20(12-6-4-5-11(17)8-12)15(21)10-7-13(16)14(18-2)19-9-10/h4-9H,3H2,1-2H3,(H,18,19). The van der Waals surface area contributed by atoms with E-state index in [1.54, 1.807) is 25.2 Å². The molecule has 0 atom stereocenters. The van der Waals surface area contributed by atoms with Crippen molar-refractivity contribution in [2.75, 3.05) is 23.8 Å². The van der Waals surface area contributed by atoms with Crippen LogP contribution in [0.5, 0.6) is 0 Å². The molecule has 1 N–H and O–H groups in total. The lowest BCUT2D eigenvalue weighted by Crippen LogP contribution is -2.30. The van der Waals surface area contributed by atoms with Crippen molar-refractivity contribution in [2.45, 2.75) is 6.92 Å². The molecule has 21 heavy (non-hydrogen) atoms. The number of carbonyl (C=O) groups excluding carboxylic acids is 1. The first-order valence-electron chi connectivity index (χ1n) is 6.47. The van der Waals surface area contributed by atoms with E-state index < -0.39 is 0 Å². The highest BCUT2D eigenvalue weighted by Gasteiger charge is 2.18. The number of aromatic nitrogens is 1. The molecule has 0 spiro atoms. The molecule has 0 fully saturated rings. The molecule has 0 radical (unpaired) electrons. The predicted octanol–water partition coefficient (Wildman–Crippen LogP) is 3.58. The zero-order valence-electron chi connectivity index (χ0n) is 11.7. The Labute approximate surface area is 127 Å². The van der Waals surface area contributed by atoms with Crippen LogP contribution < -0.4 is 10.2 Å². The maximum Gasteiger partial charge on any atom is 0.259 e. The second kappa shape index (κ2) is 6.54. The number of nitrogens with one attached hydrogen (secondary N) is 1. The first kappa shape index (κ1) is 15.3. The molecule has 1 amide bonds. The van der Waals surface area contributed by atoms with Gasteiger partial charge in [-0.3, -0.25) is 4.79 Å². The third-order valence-electron chi connectivity index (χ3n) is 3.01. The highest BCUT2D eigenvalue weighted by Crippen LogP contribution is 2.22. The van der Waals surface area contributed by atoms with Gasteiger partial charge in [0.2, 0.25) is 0 Å². The SMILES string of the molecule is CCN(C(=O)c1cnc(NC)c(Cl)c1)c1cccc(F)c1. The summed E-state index contributed by atoms with van der Waals surface area (Å²) in [6.45, 7) is 2.23. The summed E-state index contributed by atoms with van der Waals surface area (Å²) in [6.07, 6.45) is 1.45. The molecule has 2 aromatic rings. The second-order valence-electron chi connectivity index (χ2n) is 4.33. The summed E-state index contributed by atoms with van der Waals surface area (Å²) in [6, 6.07) is 7.45. The van der Waals surface area contributed by atoms with Crippen LogP contribution in [-0.4, -0.2) is 24.5 Å². The summed E-state index contributed by atoms with van der Waals surface area (Å²) >= 11 is 6.04. The topological polar surface area (TPSA) is 45.2 Å². The minimum Gasteiger partial charge on any atom is -0.372 e. The zero-order chi connectivity index (χ0) is 15.4. The Morgan fingerprint density at radius 3 is 2.76 bits per heavy atom. The lowest BCUT2D eigenvalue weighted by atomic mass is 10.2. The summed E-state index contributed by atoms with van der Waals surface area (Å²) in [5, 5.41) is 3.19. The average molecular weight is 308 g/mol. The van der Waals surface area contributed by atoms with Crippen molar-refractivity contribution < 1.29 is 9.18 Å². The summed E-state index contributed by atoms with van der Waals surface area (Å²) in [5.41, 5.74) is 0.849. The molecule has 1 aromatic carbocycles. The van der Waals surface area contributed by atoms with E-state index in [0.717, 1.165) is 0 Å². The molecule has 0 aliphatic rings. The van der Waals surface area contributed by atoms with Crippen molar-refractivity contribution in [1.82, 2.24) is 4.98 Å². The van der Waals surface area contributed by atoms with Crippen molar-refractivity contribution >= 4 is 29.0 Å². The van der Waals surface area contributed by atoms with Crippen molar-refractivity contribution in [1.29, 1.82) is 0 Å². The predicted molar refractivity (Wildman–Crippen MR) is 82.5 cm³/mol. The van der Waals surface area contributed by atoms with Gasteiger partial charge >= 0.3 is 0 Å². The van der Waals surface area contributed by atoms with Crippen LogP contribution in [0, 0.1) is 5.82 Å². The molecule has 0 aliphatic carbocycles. The quantitative estimate of drug-likeness (QED) is 0.939. The smallest absolute Gasteiger partial charge is 0.259 e. The van der Waals surface area contributed by atoms with Gasteiger partial charge in [-0.05, 0) is 31.2 Å². The van der Waals surface area contributed by atoms with Gasteiger partial charge in [-0.25, -0.2) is 9.37 Å². The van der Waals surface area contributed by atoms with E-state index in [1.165, 1.54) is 23.2 Å². The molecule has 0 unspecified atom stereocenters. The molecule has 0 saturated carbocycles. The molecule has 6 heteroatoms. The number of anilines is 2. The number of nitrogens with zero attached hydrogens (tertiary/aromatic N) is 2. The summed E-state index contributed by atoms with van der Waals surface area (Å²) < 4.78 is 13.3. The third-order valence-corrected chi connectivity index (χ3v) is 3.29. The Balaban J connectivity index is 2.34. The monoisotopic (exact) mass is 307 g/mol. The summed E-state index contributed by atoms with van der Waals surface area (Å²) in [7, 11) is 1.70. The molecule has 0 aliphatic heterocycles. The fourth-order valence-corrected chi connectivity index (χ4v) is 2.24. The number of pyridine rings is 1. The van der Waals surface area contributed by atoms with Gasteiger partial charge < -0.3 is 10.2 Å². The summed E-state index contributed by atoms with van der Waals surface area (Å²) in [5.74, 6) is -0.164. The van der Waals surface area contributed by atoms with Crippen LogP contribution >= 0.6 is 11.6 Å². The van der Waals surface area contributed by atoms with Gasteiger partial charge in [0.05, 0.1) is 10.6 Å². The largest absolute Gasteiger partial charge is 0.372 e. The van der Waals surface area contributed by atoms with Crippen LogP contribution in [0.25, 0.3) is 0 Å². The van der Waals surface area contributed by atoms with E-state index in [-0.39, 0.29) is 11.7 Å². The Morgan fingerprint density at radius 1 is 1.43 bits per heavy atom. The number of amides is 1. The first-order chi connectivity index (χ1) is 10.1. The van der Waals surface area contributed by atoms with Gasteiger partial charge in [-0.2, -0.15) is 0 Å². The van der Waals surface area contributed by atoms with Crippen LogP contribution in [0.3, 0.4) is 0 Å². The maximum absolute atomic E-state index is 13.3. The highest BCUT2D eigenvalue weighted by molar-refractivity contribution is 6.33. The summed E-state index contributed by atoms with van der Waals surface area (Å²) in [4.78, 5) is 18.1. The Morgan fingerprint density at radius 2 is 2.19 bits per heavy atom. The van der Waals surface area contributed by atoms with Gasteiger partial charge in [-0.15, -0.1) is 0 Å². The number of hydrogen-bond donors (Lipinski definition) is 1. The Kier molecular flexibility index (Phi) is 4.75. The molecular formula is C15H15ClFN3O. The van der Waals surface area contributed by atoms with Gasteiger partial charge in [0.1, 0.15) is 11.6 Å². The van der Waals surface area contributed by atoms with E-state index in [9.17, 15) is 9.18 Å². The molecule has 1 heterocycles. The van der Waals surface area contributed by atoms with Crippen LogP contribution in [0.2, 0.25) is 5.02 Å². The van der Waals surface area contributed by atoms with E-state index in [0.29, 0.717) is 28.6 Å². The highest BCUT2D eigenvalue weighted by atomic mass is 35.5. The van der Waals surface area contributed by atoms with Crippen molar-refractivity contribution in [3.05, 3.63) is 52.9 Å². The number of hydrogen-bond acceptors (Lipinski definition) is 3.